The van der Waals surface area contributed by atoms with Crippen LogP contribution in [0.3, 0.4) is 0 Å². The molecule has 2 heterocycles. The predicted octanol–water partition coefficient (Wildman–Crippen LogP) is 4.34. The molecule has 6 nitrogen and oxygen atoms in total. The van der Waals surface area contributed by atoms with E-state index in [1.165, 1.54) is 19.3 Å². The summed E-state index contributed by atoms with van der Waals surface area (Å²) in [6.07, 6.45) is 3.64. The Labute approximate surface area is 186 Å². The van der Waals surface area contributed by atoms with Crippen molar-refractivity contribution in [2.24, 2.45) is 5.73 Å². The van der Waals surface area contributed by atoms with Gasteiger partial charge in [0.2, 0.25) is 0 Å². The molecule has 162 valence electrons. The van der Waals surface area contributed by atoms with Crippen LogP contribution in [0.4, 0.5) is 5.69 Å². The van der Waals surface area contributed by atoms with Crippen molar-refractivity contribution in [3.8, 4) is 22.8 Å². The fraction of sp³-hybridized carbons (Fsp3) is 0.231. The van der Waals surface area contributed by atoms with E-state index in [0.29, 0.717) is 22.5 Å². The quantitative estimate of drug-likeness (QED) is 0.481. The molecule has 1 aliphatic heterocycles. The summed E-state index contributed by atoms with van der Waals surface area (Å²) in [5.74, 6) is 1.27. The van der Waals surface area contributed by atoms with Gasteiger partial charge in [0.25, 0.3) is 5.56 Å². The fourth-order valence-corrected chi connectivity index (χ4v) is 4.33. The first kappa shape index (κ1) is 20.3. The Bertz CT molecular complexity index is 1280. The lowest BCUT2D eigenvalue weighted by atomic mass is 10.1. The number of anilines is 1. The maximum atomic E-state index is 13.8. The molecule has 6 heteroatoms. The Kier molecular flexibility index (Phi) is 5.60. The zero-order chi connectivity index (χ0) is 21.9. The summed E-state index contributed by atoms with van der Waals surface area (Å²) in [7, 11) is 0. The SMILES string of the molecule is NCOc1ccc(-n2c(-c3ccccc3)nc3ccc(N4CCCCC4)cc3c2=O)cc1. The van der Waals surface area contributed by atoms with Crippen molar-refractivity contribution in [1.29, 1.82) is 0 Å². The molecule has 0 amide bonds. The number of rotatable bonds is 5. The smallest absolute Gasteiger partial charge is 0.266 e. The van der Waals surface area contributed by atoms with Gasteiger partial charge in [-0.15, -0.1) is 0 Å². The van der Waals surface area contributed by atoms with E-state index in [1.807, 2.05) is 66.7 Å². The Morgan fingerprint density at radius 1 is 0.875 bits per heavy atom. The zero-order valence-corrected chi connectivity index (χ0v) is 17.9. The van der Waals surface area contributed by atoms with Crippen molar-refractivity contribution in [2.75, 3.05) is 24.7 Å². The summed E-state index contributed by atoms with van der Waals surface area (Å²) in [5.41, 5.74) is 8.80. The number of piperidine rings is 1. The van der Waals surface area contributed by atoms with Crippen LogP contribution in [0.25, 0.3) is 28.0 Å². The molecule has 0 saturated carbocycles. The number of benzene rings is 3. The molecule has 2 N–H and O–H groups in total. The molecule has 1 aromatic heterocycles. The van der Waals surface area contributed by atoms with E-state index in [1.54, 1.807) is 4.57 Å². The molecule has 32 heavy (non-hydrogen) atoms. The molecular weight excluding hydrogens is 400 g/mol. The second kappa shape index (κ2) is 8.85. The minimum Gasteiger partial charge on any atom is -0.479 e. The van der Waals surface area contributed by atoms with E-state index >= 15 is 0 Å². The van der Waals surface area contributed by atoms with Crippen LogP contribution in [-0.4, -0.2) is 29.4 Å². The first-order chi connectivity index (χ1) is 15.7. The monoisotopic (exact) mass is 426 g/mol. The van der Waals surface area contributed by atoms with E-state index in [4.69, 9.17) is 15.5 Å². The van der Waals surface area contributed by atoms with Crippen molar-refractivity contribution in [3.05, 3.63) is 83.2 Å². The molecule has 0 unspecified atom stereocenters. The summed E-state index contributed by atoms with van der Waals surface area (Å²) in [6.45, 7) is 2.15. The van der Waals surface area contributed by atoms with Gasteiger partial charge in [-0.25, -0.2) is 4.98 Å². The van der Waals surface area contributed by atoms with E-state index in [-0.39, 0.29) is 12.3 Å². The largest absolute Gasteiger partial charge is 0.479 e. The van der Waals surface area contributed by atoms with Crippen molar-refractivity contribution < 1.29 is 4.74 Å². The number of hydrogen-bond donors (Lipinski definition) is 1. The van der Waals surface area contributed by atoms with E-state index in [9.17, 15) is 4.79 Å². The maximum Gasteiger partial charge on any atom is 0.266 e. The average molecular weight is 427 g/mol. The van der Waals surface area contributed by atoms with Gasteiger partial charge in [0.1, 0.15) is 18.3 Å². The van der Waals surface area contributed by atoms with Crippen LogP contribution < -0.4 is 20.9 Å². The zero-order valence-electron chi connectivity index (χ0n) is 17.9. The number of hydrogen-bond acceptors (Lipinski definition) is 5. The Morgan fingerprint density at radius 3 is 2.31 bits per heavy atom. The van der Waals surface area contributed by atoms with Crippen molar-refractivity contribution in [2.45, 2.75) is 19.3 Å². The van der Waals surface area contributed by atoms with Crippen LogP contribution in [0.15, 0.2) is 77.6 Å². The van der Waals surface area contributed by atoms with Gasteiger partial charge in [-0.1, -0.05) is 30.3 Å². The molecular formula is C26H26N4O2. The number of fused-ring (bicyclic) bond motifs is 1. The first-order valence-electron chi connectivity index (χ1n) is 11.0. The lowest BCUT2D eigenvalue weighted by molar-refractivity contribution is 0.329. The average Bonchev–Trinajstić information content (AvgIpc) is 2.86. The Balaban J connectivity index is 1.70. The molecule has 0 bridgehead atoms. The minimum atomic E-state index is -0.0831. The highest BCUT2D eigenvalue weighted by Crippen LogP contribution is 2.27. The molecule has 0 radical (unpaired) electrons. The van der Waals surface area contributed by atoms with Crippen molar-refractivity contribution >= 4 is 16.6 Å². The number of ether oxygens (including phenoxy) is 1. The molecule has 1 fully saturated rings. The van der Waals surface area contributed by atoms with Crippen LogP contribution in [0.5, 0.6) is 5.75 Å². The van der Waals surface area contributed by atoms with Gasteiger partial charge in [0.15, 0.2) is 0 Å². The number of nitrogens with zero attached hydrogens (tertiary/aromatic N) is 3. The molecule has 0 spiro atoms. The highest BCUT2D eigenvalue weighted by molar-refractivity contribution is 5.84. The van der Waals surface area contributed by atoms with Crippen LogP contribution in [0.1, 0.15) is 19.3 Å². The van der Waals surface area contributed by atoms with E-state index in [0.717, 1.165) is 30.0 Å². The van der Waals surface area contributed by atoms with Gasteiger partial charge in [0, 0.05) is 24.3 Å². The molecule has 5 rings (SSSR count). The Morgan fingerprint density at radius 2 is 1.59 bits per heavy atom. The standard InChI is InChI=1S/C26H26N4O2/c27-18-32-22-12-9-20(10-13-22)30-25(19-7-3-1-4-8-19)28-24-14-11-21(17-23(24)26(30)31)29-15-5-2-6-16-29/h1,3-4,7-14,17H,2,5-6,15-16,18,27H2. The minimum absolute atomic E-state index is 0.0831. The second-order valence-electron chi connectivity index (χ2n) is 8.00. The lowest BCUT2D eigenvalue weighted by Crippen LogP contribution is -2.29. The van der Waals surface area contributed by atoms with E-state index < -0.39 is 0 Å². The van der Waals surface area contributed by atoms with Crippen LogP contribution in [0, 0.1) is 0 Å². The summed E-state index contributed by atoms with van der Waals surface area (Å²) < 4.78 is 7.05. The normalized spacial score (nSPS) is 14.0. The van der Waals surface area contributed by atoms with Crippen LogP contribution >= 0.6 is 0 Å². The van der Waals surface area contributed by atoms with Gasteiger partial charge >= 0.3 is 0 Å². The number of aromatic nitrogens is 2. The number of nitrogens with two attached hydrogens (primary N) is 1. The summed E-state index contributed by atoms with van der Waals surface area (Å²) in [4.78, 5) is 21.1. The fourth-order valence-electron chi connectivity index (χ4n) is 4.33. The van der Waals surface area contributed by atoms with Crippen molar-refractivity contribution in [3.63, 3.8) is 0 Å². The predicted molar refractivity (Wildman–Crippen MR) is 129 cm³/mol. The molecule has 0 atom stereocenters. The van der Waals surface area contributed by atoms with Crippen molar-refractivity contribution in [1.82, 2.24) is 9.55 Å². The van der Waals surface area contributed by atoms with E-state index in [2.05, 4.69) is 11.0 Å². The third kappa shape index (κ3) is 3.85. The van der Waals surface area contributed by atoms with Gasteiger partial charge < -0.3 is 9.64 Å². The molecule has 1 saturated heterocycles. The molecule has 1 aliphatic rings. The maximum absolute atomic E-state index is 13.8. The first-order valence-corrected chi connectivity index (χ1v) is 11.0. The van der Waals surface area contributed by atoms with Crippen LogP contribution in [0.2, 0.25) is 0 Å². The van der Waals surface area contributed by atoms with Gasteiger partial charge in [-0.2, -0.15) is 0 Å². The highest BCUT2D eigenvalue weighted by Gasteiger charge is 2.17. The molecule has 3 aromatic carbocycles. The molecule has 4 aromatic rings. The van der Waals surface area contributed by atoms with Gasteiger partial charge in [0.05, 0.1) is 16.6 Å². The van der Waals surface area contributed by atoms with Gasteiger partial charge in [-0.3, -0.25) is 15.1 Å². The molecule has 0 aliphatic carbocycles. The third-order valence-corrected chi connectivity index (χ3v) is 5.95. The lowest BCUT2D eigenvalue weighted by Gasteiger charge is -2.29. The van der Waals surface area contributed by atoms with Crippen LogP contribution in [-0.2, 0) is 0 Å². The van der Waals surface area contributed by atoms with Gasteiger partial charge in [-0.05, 0) is 61.7 Å². The summed E-state index contributed by atoms with van der Waals surface area (Å²) >= 11 is 0. The Hall–Kier alpha value is -3.64. The third-order valence-electron chi connectivity index (χ3n) is 5.95. The second-order valence-corrected chi connectivity index (χ2v) is 8.00. The summed E-state index contributed by atoms with van der Waals surface area (Å²) in [5, 5.41) is 0.620. The highest BCUT2D eigenvalue weighted by atomic mass is 16.5. The summed E-state index contributed by atoms with van der Waals surface area (Å²) in [6, 6.07) is 23.2. The topological polar surface area (TPSA) is 73.4 Å².